The molecular formula is C13H20N2O. The van der Waals surface area contributed by atoms with Crippen LogP contribution in [0.1, 0.15) is 37.9 Å². The zero-order chi connectivity index (χ0) is 11.0. The van der Waals surface area contributed by atoms with Crippen molar-refractivity contribution in [2.45, 2.75) is 50.2 Å². The minimum atomic E-state index is 0.0924. The SMILES string of the molecule is NC1(CN(Cc2ccco2)C2CC2)CCC1. The van der Waals surface area contributed by atoms with E-state index in [0.717, 1.165) is 24.9 Å². The van der Waals surface area contributed by atoms with E-state index in [2.05, 4.69) is 11.0 Å². The first-order valence-corrected chi connectivity index (χ1v) is 6.31. The molecule has 1 aromatic heterocycles. The van der Waals surface area contributed by atoms with E-state index in [1.807, 2.05) is 6.07 Å². The smallest absolute Gasteiger partial charge is 0.117 e. The van der Waals surface area contributed by atoms with E-state index in [1.54, 1.807) is 6.26 Å². The Labute approximate surface area is 96.6 Å². The summed E-state index contributed by atoms with van der Waals surface area (Å²) in [6.45, 7) is 1.97. The van der Waals surface area contributed by atoms with E-state index in [1.165, 1.54) is 32.1 Å². The number of nitrogens with zero attached hydrogens (tertiary/aromatic N) is 1. The third-order valence-corrected chi connectivity index (χ3v) is 3.87. The van der Waals surface area contributed by atoms with E-state index in [9.17, 15) is 0 Å². The molecule has 1 heterocycles. The van der Waals surface area contributed by atoms with Crippen LogP contribution in [0.15, 0.2) is 22.8 Å². The van der Waals surface area contributed by atoms with Gasteiger partial charge in [0, 0.05) is 18.1 Å². The van der Waals surface area contributed by atoms with Crippen molar-refractivity contribution >= 4 is 0 Å². The van der Waals surface area contributed by atoms with Gasteiger partial charge in [-0.25, -0.2) is 0 Å². The number of rotatable bonds is 5. The van der Waals surface area contributed by atoms with E-state index in [-0.39, 0.29) is 5.54 Å². The average Bonchev–Trinajstić information content (AvgIpc) is 2.95. The van der Waals surface area contributed by atoms with Gasteiger partial charge in [0.2, 0.25) is 0 Å². The fraction of sp³-hybridized carbons (Fsp3) is 0.692. The van der Waals surface area contributed by atoms with Crippen LogP contribution in [-0.2, 0) is 6.54 Å². The predicted molar refractivity (Wildman–Crippen MR) is 62.9 cm³/mol. The van der Waals surface area contributed by atoms with E-state index >= 15 is 0 Å². The van der Waals surface area contributed by atoms with Gasteiger partial charge < -0.3 is 10.2 Å². The molecule has 0 spiro atoms. The van der Waals surface area contributed by atoms with Crippen LogP contribution in [0.5, 0.6) is 0 Å². The van der Waals surface area contributed by atoms with Gasteiger partial charge in [0.05, 0.1) is 12.8 Å². The molecule has 3 heteroatoms. The van der Waals surface area contributed by atoms with Crippen LogP contribution in [-0.4, -0.2) is 23.0 Å². The molecule has 16 heavy (non-hydrogen) atoms. The first kappa shape index (κ1) is 10.4. The number of hydrogen-bond acceptors (Lipinski definition) is 3. The Morgan fingerprint density at radius 3 is 2.75 bits per heavy atom. The summed E-state index contributed by atoms with van der Waals surface area (Å²) in [7, 11) is 0. The second kappa shape index (κ2) is 3.90. The molecule has 0 amide bonds. The molecule has 3 nitrogen and oxygen atoms in total. The molecule has 0 bridgehead atoms. The Morgan fingerprint density at radius 1 is 1.44 bits per heavy atom. The zero-order valence-corrected chi connectivity index (χ0v) is 9.69. The molecule has 88 valence electrons. The van der Waals surface area contributed by atoms with Gasteiger partial charge >= 0.3 is 0 Å². The second-order valence-electron chi connectivity index (χ2n) is 5.43. The molecule has 2 aliphatic carbocycles. The Hall–Kier alpha value is -0.800. The minimum absolute atomic E-state index is 0.0924. The molecule has 0 radical (unpaired) electrons. The lowest BCUT2D eigenvalue weighted by Gasteiger charge is -2.42. The van der Waals surface area contributed by atoms with Crippen molar-refractivity contribution in [2.24, 2.45) is 5.73 Å². The first-order chi connectivity index (χ1) is 7.75. The Morgan fingerprint density at radius 2 is 2.25 bits per heavy atom. The van der Waals surface area contributed by atoms with Crippen molar-refractivity contribution < 1.29 is 4.42 Å². The lowest BCUT2D eigenvalue weighted by atomic mass is 9.77. The lowest BCUT2D eigenvalue weighted by molar-refractivity contribution is 0.126. The summed E-state index contributed by atoms with van der Waals surface area (Å²) in [6, 6.07) is 4.77. The van der Waals surface area contributed by atoms with Crippen molar-refractivity contribution in [2.75, 3.05) is 6.54 Å². The molecule has 0 aromatic carbocycles. The lowest BCUT2D eigenvalue weighted by Crippen LogP contribution is -2.55. The van der Waals surface area contributed by atoms with Gasteiger partial charge in [-0.15, -0.1) is 0 Å². The number of furan rings is 1. The van der Waals surface area contributed by atoms with Gasteiger partial charge in [-0.05, 0) is 44.2 Å². The molecule has 1 aromatic rings. The molecule has 3 rings (SSSR count). The largest absolute Gasteiger partial charge is 0.468 e. The standard InChI is InChI=1S/C13H20N2O/c14-13(6-2-7-13)10-15(11-4-5-11)9-12-3-1-8-16-12/h1,3,8,11H,2,4-7,9-10,14H2. The molecular weight excluding hydrogens is 200 g/mol. The van der Waals surface area contributed by atoms with Gasteiger partial charge in [-0.3, -0.25) is 4.90 Å². The van der Waals surface area contributed by atoms with Crippen LogP contribution < -0.4 is 5.73 Å². The van der Waals surface area contributed by atoms with Gasteiger partial charge in [0.25, 0.3) is 0 Å². The molecule has 0 unspecified atom stereocenters. The number of hydrogen-bond donors (Lipinski definition) is 1. The predicted octanol–water partition coefficient (Wildman–Crippen LogP) is 2.13. The van der Waals surface area contributed by atoms with Crippen LogP contribution in [0.25, 0.3) is 0 Å². The van der Waals surface area contributed by atoms with E-state index in [0.29, 0.717) is 0 Å². The number of nitrogens with two attached hydrogens (primary N) is 1. The van der Waals surface area contributed by atoms with Crippen LogP contribution >= 0.6 is 0 Å². The van der Waals surface area contributed by atoms with E-state index in [4.69, 9.17) is 10.2 Å². The summed E-state index contributed by atoms with van der Waals surface area (Å²) in [5, 5.41) is 0. The second-order valence-corrected chi connectivity index (χ2v) is 5.43. The van der Waals surface area contributed by atoms with Crippen molar-refractivity contribution in [1.29, 1.82) is 0 Å². The maximum Gasteiger partial charge on any atom is 0.117 e. The monoisotopic (exact) mass is 220 g/mol. The fourth-order valence-electron chi connectivity index (χ4n) is 2.55. The Bertz CT molecular complexity index is 339. The molecule has 0 atom stereocenters. The summed E-state index contributed by atoms with van der Waals surface area (Å²) < 4.78 is 5.43. The summed E-state index contributed by atoms with van der Waals surface area (Å²) in [4.78, 5) is 2.51. The summed E-state index contributed by atoms with van der Waals surface area (Å²) in [6.07, 6.45) is 8.09. The van der Waals surface area contributed by atoms with Crippen molar-refractivity contribution in [1.82, 2.24) is 4.90 Å². The quantitative estimate of drug-likeness (QED) is 0.826. The highest BCUT2D eigenvalue weighted by atomic mass is 16.3. The normalized spacial score (nSPS) is 23.4. The third-order valence-electron chi connectivity index (χ3n) is 3.87. The fourth-order valence-corrected chi connectivity index (χ4v) is 2.55. The minimum Gasteiger partial charge on any atom is -0.468 e. The zero-order valence-electron chi connectivity index (χ0n) is 9.69. The maximum atomic E-state index is 6.33. The summed E-state index contributed by atoms with van der Waals surface area (Å²) in [5.41, 5.74) is 6.42. The maximum absolute atomic E-state index is 6.33. The van der Waals surface area contributed by atoms with Gasteiger partial charge in [-0.1, -0.05) is 0 Å². The third kappa shape index (κ3) is 2.15. The molecule has 2 aliphatic rings. The van der Waals surface area contributed by atoms with Crippen LogP contribution in [0, 0.1) is 0 Å². The highest BCUT2D eigenvalue weighted by Gasteiger charge is 2.39. The summed E-state index contributed by atoms with van der Waals surface area (Å²) >= 11 is 0. The van der Waals surface area contributed by atoms with Gasteiger partial charge in [-0.2, -0.15) is 0 Å². The summed E-state index contributed by atoms with van der Waals surface area (Å²) in [5.74, 6) is 1.06. The van der Waals surface area contributed by atoms with Crippen molar-refractivity contribution in [3.05, 3.63) is 24.2 Å². The first-order valence-electron chi connectivity index (χ1n) is 6.31. The molecule has 2 N–H and O–H groups in total. The Balaban J connectivity index is 1.62. The molecule has 2 fully saturated rings. The van der Waals surface area contributed by atoms with Crippen LogP contribution in [0.3, 0.4) is 0 Å². The molecule has 2 saturated carbocycles. The molecule has 0 saturated heterocycles. The highest BCUT2D eigenvalue weighted by Crippen LogP contribution is 2.35. The van der Waals surface area contributed by atoms with Crippen LogP contribution in [0.2, 0.25) is 0 Å². The van der Waals surface area contributed by atoms with E-state index < -0.39 is 0 Å². The van der Waals surface area contributed by atoms with Crippen molar-refractivity contribution in [3.8, 4) is 0 Å². The average molecular weight is 220 g/mol. The van der Waals surface area contributed by atoms with Crippen molar-refractivity contribution in [3.63, 3.8) is 0 Å². The van der Waals surface area contributed by atoms with Crippen LogP contribution in [0.4, 0.5) is 0 Å². The topological polar surface area (TPSA) is 42.4 Å². The Kier molecular flexibility index (Phi) is 2.52. The van der Waals surface area contributed by atoms with Gasteiger partial charge in [0.1, 0.15) is 5.76 Å². The molecule has 0 aliphatic heterocycles. The van der Waals surface area contributed by atoms with Gasteiger partial charge in [0.15, 0.2) is 0 Å². The highest BCUT2D eigenvalue weighted by molar-refractivity contribution is 5.03.